The number of hydrogen-bond acceptors (Lipinski definition) is 3. The lowest BCUT2D eigenvalue weighted by molar-refractivity contribution is 0.0773. The number of anilines is 1. The number of amides is 1. The molecule has 0 aliphatic carbocycles. The molecule has 1 aliphatic heterocycles. The molecule has 1 aliphatic rings. The standard InChI is InChI=1S/C14H20N2O3S/c1-3-15(4-2)14(17)12-7-5-8-13(11-12)16-9-6-10-20(16,18)19/h5,7-8,11H,3-4,6,9-10H2,1-2H3. The SMILES string of the molecule is CCN(CC)C(=O)c1cccc(N2CCCS2(=O)=O)c1. The van der Waals surface area contributed by atoms with Crippen molar-refractivity contribution in [2.24, 2.45) is 0 Å². The summed E-state index contributed by atoms with van der Waals surface area (Å²) in [5.74, 6) is 0.120. The quantitative estimate of drug-likeness (QED) is 0.850. The third-order valence-corrected chi connectivity index (χ3v) is 5.40. The van der Waals surface area contributed by atoms with E-state index < -0.39 is 10.0 Å². The molecule has 0 unspecified atom stereocenters. The molecular formula is C14H20N2O3S. The highest BCUT2D eigenvalue weighted by Gasteiger charge is 2.28. The van der Waals surface area contributed by atoms with E-state index in [0.717, 1.165) is 0 Å². The van der Waals surface area contributed by atoms with Crippen molar-refractivity contribution in [3.8, 4) is 0 Å². The maximum Gasteiger partial charge on any atom is 0.253 e. The Balaban J connectivity index is 2.31. The average molecular weight is 296 g/mol. The molecule has 0 spiro atoms. The van der Waals surface area contributed by atoms with Gasteiger partial charge in [-0.05, 0) is 38.5 Å². The monoisotopic (exact) mass is 296 g/mol. The molecule has 20 heavy (non-hydrogen) atoms. The Hall–Kier alpha value is -1.56. The highest BCUT2D eigenvalue weighted by molar-refractivity contribution is 7.93. The molecule has 1 aromatic rings. The summed E-state index contributed by atoms with van der Waals surface area (Å²) in [5.41, 5.74) is 1.12. The van der Waals surface area contributed by atoms with Crippen LogP contribution >= 0.6 is 0 Å². The lowest BCUT2D eigenvalue weighted by Crippen LogP contribution is -2.31. The predicted molar refractivity (Wildman–Crippen MR) is 79.4 cm³/mol. The summed E-state index contributed by atoms with van der Waals surface area (Å²) in [6, 6.07) is 6.87. The molecule has 0 bridgehead atoms. The van der Waals surface area contributed by atoms with Gasteiger partial charge >= 0.3 is 0 Å². The Labute approximate surface area is 120 Å². The first-order chi connectivity index (χ1) is 9.49. The van der Waals surface area contributed by atoms with E-state index in [2.05, 4.69) is 0 Å². The largest absolute Gasteiger partial charge is 0.339 e. The molecule has 110 valence electrons. The Bertz CT molecular complexity index is 594. The van der Waals surface area contributed by atoms with Crippen LogP contribution in [0.15, 0.2) is 24.3 Å². The molecule has 1 saturated heterocycles. The number of benzene rings is 1. The molecule has 0 saturated carbocycles. The van der Waals surface area contributed by atoms with Gasteiger partial charge in [-0.1, -0.05) is 6.07 Å². The lowest BCUT2D eigenvalue weighted by Gasteiger charge is -2.21. The van der Waals surface area contributed by atoms with Gasteiger partial charge in [0.2, 0.25) is 10.0 Å². The molecule has 1 heterocycles. The normalized spacial score (nSPS) is 17.2. The molecular weight excluding hydrogens is 276 g/mol. The van der Waals surface area contributed by atoms with Gasteiger partial charge < -0.3 is 4.90 Å². The van der Waals surface area contributed by atoms with Gasteiger partial charge in [0.15, 0.2) is 0 Å². The average Bonchev–Trinajstić information content (AvgIpc) is 2.79. The van der Waals surface area contributed by atoms with E-state index in [9.17, 15) is 13.2 Å². The van der Waals surface area contributed by atoms with Gasteiger partial charge in [0.1, 0.15) is 0 Å². The maximum absolute atomic E-state index is 12.3. The van der Waals surface area contributed by atoms with Crippen LogP contribution in [0.3, 0.4) is 0 Å². The summed E-state index contributed by atoms with van der Waals surface area (Å²) in [6.45, 7) is 5.63. The minimum atomic E-state index is -3.21. The van der Waals surface area contributed by atoms with Gasteiger partial charge in [0.25, 0.3) is 5.91 Å². The van der Waals surface area contributed by atoms with Crippen LogP contribution in [-0.2, 0) is 10.0 Å². The van der Waals surface area contributed by atoms with Gasteiger partial charge in [-0.3, -0.25) is 9.10 Å². The van der Waals surface area contributed by atoms with Gasteiger partial charge in [-0.2, -0.15) is 0 Å². The minimum Gasteiger partial charge on any atom is -0.339 e. The molecule has 5 nitrogen and oxygen atoms in total. The van der Waals surface area contributed by atoms with E-state index in [1.807, 2.05) is 13.8 Å². The van der Waals surface area contributed by atoms with Crippen molar-refractivity contribution in [2.75, 3.05) is 29.7 Å². The van der Waals surface area contributed by atoms with Gasteiger partial charge in [0, 0.05) is 25.2 Å². The van der Waals surface area contributed by atoms with Crippen molar-refractivity contribution in [2.45, 2.75) is 20.3 Å². The third kappa shape index (κ3) is 2.80. The molecule has 1 fully saturated rings. The van der Waals surface area contributed by atoms with Crippen LogP contribution in [0.5, 0.6) is 0 Å². The van der Waals surface area contributed by atoms with Crippen LogP contribution in [0.25, 0.3) is 0 Å². The highest BCUT2D eigenvalue weighted by atomic mass is 32.2. The number of carbonyl (C=O) groups is 1. The summed E-state index contributed by atoms with van der Waals surface area (Å²) in [5, 5.41) is 0. The van der Waals surface area contributed by atoms with Crippen molar-refractivity contribution in [1.29, 1.82) is 0 Å². The smallest absolute Gasteiger partial charge is 0.253 e. The van der Waals surface area contributed by atoms with Crippen LogP contribution in [0.4, 0.5) is 5.69 Å². The highest BCUT2D eigenvalue weighted by Crippen LogP contribution is 2.25. The zero-order chi connectivity index (χ0) is 14.8. The van der Waals surface area contributed by atoms with E-state index in [1.54, 1.807) is 29.2 Å². The number of carbonyl (C=O) groups excluding carboxylic acids is 1. The topological polar surface area (TPSA) is 57.7 Å². The van der Waals surface area contributed by atoms with E-state index in [0.29, 0.717) is 37.3 Å². The fourth-order valence-corrected chi connectivity index (χ4v) is 3.97. The number of rotatable bonds is 4. The Morgan fingerprint density at radius 2 is 2.00 bits per heavy atom. The van der Waals surface area contributed by atoms with Crippen LogP contribution < -0.4 is 4.31 Å². The second kappa shape index (κ2) is 5.83. The molecule has 6 heteroatoms. The second-order valence-electron chi connectivity index (χ2n) is 4.77. The molecule has 0 radical (unpaired) electrons. The second-order valence-corrected chi connectivity index (χ2v) is 6.78. The van der Waals surface area contributed by atoms with Crippen molar-refractivity contribution < 1.29 is 13.2 Å². The van der Waals surface area contributed by atoms with Gasteiger partial charge in [-0.15, -0.1) is 0 Å². The van der Waals surface area contributed by atoms with Crippen molar-refractivity contribution in [1.82, 2.24) is 4.90 Å². The lowest BCUT2D eigenvalue weighted by atomic mass is 10.1. The molecule has 0 aromatic heterocycles. The molecule has 0 atom stereocenters. The number of hydrogen-bond donors (Lipinski definition) is 0. The van der Waals surface area contributed by atoms with E-state index in [-0.39, 0.29) is 11.7 Å². The fourth-order valence-electron chi connectivity index (χ4n) is 2.42. The Morgan fingerprint density at radius 3 is 2.55 bits per heavy atom. The summed E-state index contributed by atoms with van der Waals surface area (Å²) >= 11 is 0. The van der Waals surface area contributed by atoms with Crippen molar-refractivity contribution in [3.63, 3.8) is 0 Å². The van der Waals surface area contributed by atoms with Crippen LogP contribution in [-0.4, -0.2) is 44.6 Å². The summed E-state index contributed by atoms with van der Waals surface area (Å²) < 4.78 is 25.2. The first-order valence-electron chi connectivity index (χ1n) is 6.89. The van der Waals surface area contributed by atoms with Gasteiger partial charge in [-0.25, -0.2) is 8.42 Å². The maximum atomic E-state index is 12.3. The van der Waals surface area contributed by atoms with Crippen molar-refractivity contribution in [3.05, 3.63) is 29.8 Å². The Kier molecular flexibility index (Phi) is 4.32. The van der Waals surface area contributed by atoms with Crippen LogP contribution in [0.2, 0.25) is 0 Å². The molecule has 1 amide bonds. The fraction of sp³-hybridized carbons (Fsp3) is 0.500. The van der Waals surface area contributed by atoms with Crippen LogP contribution in [0, 0.1) is 0 Å². The number of sulfonamides is 1. The summed E-state index contributed by atoms with van der Waals surface area (Å²) in [6.07, 6.45) is 0.635. The molecule has 2 rings (SSSR count). The van der Waals surface area contributed by atoms with Crippen LogP contribution in [0.1, 0.15) is 30.6 Å². The molecule has 1 aromatic carbocycles. The summed E-state index contributed by atoms with van der Waals surface area (Å²) in [7, 11) is -3.21. The summed E-state index contributed by atoms with van der Waals surface area (Å²) in [4.78, 5) is 14.0. The zero-order valence-electron chi connectivity index (χ0n) is 11.9. The van der Waals surface area contributed by atoms with E-state index >= 15 is 0 Å². The first kappa shape index (κ1) is 14.8. The molecule has 0 N–H and O–H groups in total. The zero-order valence-corrected chi connectivity index (χ0v) is 12.7. The third-order valence-electron chi connectivity index (χ3n) is 3.53. The minimum absolute atomic E-state index is 0.0616. The Morgan fingerprint density at radius 1 is 1.30 bits per heavy atom. The number of nitrogens with zero attached hydrogens (tertiary/aromatic N) is 2. The predicted octanol–water partition coefficient (Wildman–Crippen LogP) is 1.71. The van der Waals surface area contributed by atoms with E-state index in [1.165, 1.54) is 4.31 Å². The first-order valence-corrected chi connectivity index (χ1v) is 8.50. The van der Waals surface area contributed by atoms with Crippen molar-refractivity contribution >= 4 is 21.6 Å². The van der Waals surface area contributed by atoms with E-state index in [4.69, 9.17) is 0 Å². The van der Waals surface area contributed by atoms with Gasteiger partial charge in [0.05, 0.1) is 11.4 Å².